The average molecular weight is 290 g/mol. The number of hydrogen-bond donors (Lipinski definition) is 0. The van der Waals surface area contributed by atoms with E-state index in [9.17, 15) is 0 Å². The maximum absolute atomic E-state index is 5.51. The molecule has 5 heteroatoms. The molecule has 1 aliphatic rings. The molecule has 0 saturated carbocycles. The van der Waals surface area contributed by atoms with Gasteiger partial charge in [-0.15, -0.1) is 0 Å². The Labute approximate surface area is 120 Å². The maximum atomic E-state index is 5.51. The van der Waals surface area contributed by atoms with Crippen LogP contribution in [-0.4, -0.2) is 59.8 Å². The Morgan fingerprint density at radius 1 is 0.947 bits per heavy atom. The quantitative estimate of drug-likeness (QED) is 0.533. The fraction of sp³-hybridized carbons (Fsp3) is 1.00. The van der Waals surface area contributed by atoms with Gasteiger partial charge in [0.15, 0.2) is 0 Å². The lowest BCUT2D eigenvalue weighted by atomic mass is 10.0. The molecule has 0 aromatic heterocycles. The third-order valence-corrected chi connectivity index (χ3v) is 7.68. The third-order valence-electron chi connectivity index (χ3n) is 4.85. The normalized spacial score (nSPS) is 19.9. The molecule has 0 spiro atoms. The van der Waals surface area contributed by atoms with E-state index in [0.717, 1.165) is 12.5 Å². The second-order valence-corrected chi connectivity index (χ2v) is 9.68. The van der Waals surface area contributed by atoms with Crippen LogP contribution in [0.5, 0.6) is 0 Å². The summed E-state index contributed by atoms with van der Waals surface area (Å²) in [5.74, 6) is 0. The Bertz CT molecular complexity index is 260. The van der Waals surface area contributed by atoms with E-state index >= 15 is 0 Å². The van der Waals surface area contributed by atoms with Crippen molar-refractivity contribution in [3.8, 4) is 0 Å². The van der Waals surface area contributed by atoms with E-state index in [0.29, 0.717) is 5.54 Å². The van der Waals surface area contributed by atoms with Crippen molar-refractivity contribution in [2.45, 2.75) is 51.6 Å². The molecule has 0 aliphatic carbocycles. The summed E-state index contributed by atoms with van der Waals surface area (Å²) < 4.78 is 17.8. The summed E-state index contributed by atoms with van der Waals surface area (Å²) in [5, 5.41) is 0. The van der Waals surface area contributed by atoms with E-state index in [1.807, 2.05) is 0 Å². The number of rotatable bonds is 7. The highest BCUT2D eigenvalue weighted by atomic mass is 28.4. The lowest BCUT2D eigenvalue weighted by Crippen LogP contribution is -2.59. The van der Waals surface area contributed by atoms with Crippen LogP contribution in [0.15, 0.2) is 0 Å². The minimum atomic E-state index is -2.39. The summed E-state index contributed by atoms with van der Waals surface area (Å²) in [6, 6.07) is 0.909. The molecule has 19 heavy (non-hydrogen) atoms. The van der Waals surface area contributed by atoms with E-state index in [2.05, 4.69) is 20.8 Å². The van der Waals surface area contributed by atoms with Gasteiger partial charge in [-0.2, -0.15) is 0 Å². The Morgan fingerprint density at radius 2 is 1.42 bits per heavy atom. The predicted octanol–water partition coefficient (Wildman–Crippen LogP) is 2.66. The molecule has 0 radical (unpaired) electrons. The van der Waals surface area contributed by atoms with Gasteiger partial charge in [0.1, 0.15) is 0 Å². The summed E-state index contributed by atoms with van der Waals surface area (Å²) in [6.07, 6.45) is 3.83. The first kappa shape index (κ1) is 17.1. The van der Waals surface area contributed by atoms with Gasteiger partial charge in [0, 0.05) is 46.6 Å². The molecule has 1 saturated heterocycles. The highest BCUT2D eigenvalue weighted by molar-refractivity contribution is 6.60. The first-order valence-electron chi connectivity index (χ1n) is 7.36. The minimum absolute atomic E-state index is 0.327. The summed E-state index contributed by atoms with van der Waals surface area (Å²) in [7, 11) is 2.70. The second-order valence-electron chi connectivity index (χ2n) is 6.59. The van der Waals surface area contributed by atoms with Gasteiger partial charge >= 0.3 is 8.80 Å². The van der Waals surface area contributed by atoms with E-state index < -0.39 is 8.80 Å². The van der Waals surface area contributed by atoms with Crippen LogP contribution in [0, 0.1) is 0 Å². The first-order chi connectivity index (χ1) is 8.85. The highest BCUT2D eigenvalue weighted by Gasteiger charge is 2.44. The lowest BCUT2D eigenvalue weighted by Gasteiger charge is -2.46. The fourth-order valence-corrected chi connectivity index (χ4v) is 5.03. The predicted molar refractivity (Wildman–Crippen MR) is 80.1 cm³/mol. The van der Waals surface area contributed by atoms with E-state index in [-0.39, 0.29) is 0 Å². The van der Waals surface area contributed by atoms with E-state index in [1.54, 1.807) is 21.3 Å². The van der Waals surface area contributed by atoms with Crippen molar-refractivity contribution in [3.63, 3.8) is 0 Å². The molecule has 0 amide bonds. The molecule has 114 valence electrons. The van der Waals surface area contributed by atoms with Crippen LogP contribution in [-0.2, 0) is 13.3 Å². The number of likely N-dealkylation sites (tertiary alicyclic amines) is 1. The Morgan fingerprint density at radius 3 is 1.79 bits per heavy atom. The zero-order valence-corrected chi connectivity index (χ0v) is 14.6. The zero-order chi connectivity index (χ0) is 14.6. The highest BCUT2D eigenvalue weighted by Crippen LogP contribution is 2.32. The lowest BCUT2D eigenvalue weighted by molar-refractivity contribution is -0.960. The van der Waals surface area contributed by atoms with Crippen molar-refractivity contribution in [3.05, 3.63) is 0 Å². The van der Waals surface area contributed by atoms with Crippen LogP contribution < -0.4 is 0 Å². The summed E-state index contributed by atoms with van der Waals surface area (Å²) in [5.41, 5.74) is 0.327. The van der Waals surface area contributed by atoms with Gasteiger partial charge in [-0.1, -0.05) is 0 Å². The van der Waals surface area contributed by atoms with Crippen LogP contribution in [0.2, 0.25) is 6.04 Å². The van der Waals surface area contributed by atoms with Crippen molar-refractivity contribution in [1.82, 2.24) is 0 Å². The molecule has 0 unspecified atom stereocenters. The average Bonchev–Trinajstić information content (AvgIpc) is 2.85. The molecule has 0 aromatic carbocycles. The maximum Gasteiger partial charge on any atom is 0.500 e. The molecule has 1 rings (SSSR count). The molecule has 0 atom stereocenters. The van der Waals surface area contributed by atoms with Crippen molar-refractivity contribution in [1.29, 1.82) is 0 Å². The fourth-order valence-electron chi connectivity index (χ4n) is 3.32. The second kappa shape index (κ2) is 6.67. The van der Waals surface area contributed by atoms with Crippen LogP contribution in [0.4, 0.5) is 0 Å². The largest absolute Gasteiger partial charge is 0.500 e. The van der Waals surface area contributed by atoms with Crippen molar-refractivity contribution in [2.24, 2.45) is 0 Å². The van der Waals surface area contributed by atoms with E-state index in [1.165, 1.54) is 37.0 Å². The van der Waals surface area contributed by atoms with Gasteiger partial charge in [-0.25, -0.2) is 0 Å². The molecule has 4 nitrogen and oxygen atoms in total. The third kappa shape index (κ3) is 3.79. The monoisotopic (exact) mass is 290 g/mol. The Balaban J connectivity index is 2.59. The first-order valence-corrected chi connectivity index (χ1v) is 9.29. The molecule has 0 aromatic rings. The van der Waals surface area contributed by atoms with Gasteiger partial charge in [0.05, 0.1) is 25.2 Å². The van der Waals surface area contributed by atoms with Crippen molar-refractivity contribution < 1.29 is 17.8 Å². The van der Waals surface area contributed by atoms with Crippen LogP contribution in [0.3, 0.4) is 0 Å². The number of nitrogens with zero attached hydrogens (tertiary/aromatic N) is 1. The number of quaternary nitrogens is 1. The van der Waals surface area contributed by atoms with Gasteiger partial charge in [0.2, 0.25) is 0 Å². The van der Waals surface area contributed by atoms with Crippen LogP contribution in [0.25, 0.3) is 0 Å². The minimum Gasteiger partial charge on any atom is -0.377 e. The van der Waals surface area contributed by atoms with Gasteiger partial charge in [0.25, 0.3) is 0 Å². The summed E-state index contributed by atoms with van der Waals surface area (Å²) >= 11 is 0. The van der Waals surface area contributed by atoms with E-state index in [4.69, 9.17) is 13.3 Å². The standard InChI is InChI=1S/C14H32NO3Si/c1-14(2,3)15(10-7-8-11-15)12-9-13-19(16-4,17-5)18-6/h7-13H2,1-6H3/q+1. The molecule has 1 aliphatic heterocycles. The molecule has 1 fully saturated rings. The topological polar surface area (TPSA) is 27.7 Å². The molecular weight excluding hydrogens is 258 g/mol. The smallest absolute Gasteiger partial charge is 0.377 e. The Kier molecular flexibility index (Phi) is 6.01. The van der Waals surface area contributed by atoms with Crippen molar-refractivity contribution in [2.75, 3.05) is 41.0 Å². The SMILES string of the molecule is CO[Si](CCC[N+]1(C(C)(C)C)CCCC1)(OC)OC. The van der Waals surface area contributed by atoms with Crippen molar-refractivity contribution >= 4 is 8.80 Å². The molecule has 0 bridgehead atoms. The number of hydrogen-bond acceptors (Lipinski definition) is 3. The summed E-state index contributed by atoms with van der Waals surface area (Å²) in [4.78, 5) is 0. The van der Waals surface area contributed by atoms with Gasteiger partial charge in [-0.3, -0.25) is 0 Å². The van der Waals surface area contributed by atoms with Gasteiger partial charge < -0.3 is 17.8 Å². The zero-order valence-electron chi connectivity index (χ0n) is 13.6. The van der Waals surface area contributed by atoms with Crippen LogP contribution >= 0.6 is 0 Å². The Hall–Kier alpha value is 0.0569. The van der Waals surface area contributed by atoms with Gasteiger partial charge in [-0.05, 0) is 20.8 Å². The molecule has 1 heterocycles. The molecular formula is C14H32NO3Si+. The summed E-state index contributed by atoms with van der Waals surface area (Å²) in [6.45, 7) is 10.9. The van der Waals surface area contributed by atoms with Crippen LogP contribution in [0.1, 0.15) is 40.0 Å². The molecule has 0 N–H and O–H groups in total.